The third-order valence-corrected chi connectivity index (χ3v) is 4.25. The van der Waals surface area contributed by atoms with Crippen molar-refractivity contribution in [1.29, 1.82) is 0 Å². The molecule has 1 aliphatic heterocycles. The van der Waals surface area contributed by atoms with E-state index in [9.17, 15) is 0 Å². The van der Waals surface area contributed by atoms with E-state index in [1.165, 1.54) is 45.2 Å². The fraction of sp³-hybridized carbons (Fsp3) is 1.00. The summed E-state index contributed by atoms with van der Waals surface area (Å²) in [7, 11) is 3.50. The average molecular weight is 213 g/mol. The number of nitrogens with one attached hydrogen (secondary N) is 1. The molecule has 0 aromatic carbocycles. The molecule has 1 saturated heterocycles. The number of hydrogen-bond acceptors (Lipinski definition) is 3. The Morgan fingerprint density at radius 1 is 1.13 bits per heavy atom. The lowest BCUT2D eigenvalue weighted by Crippen LogP contribution is -2.35. The van der Waals surface area contributed by atoms with Crippen LogP contribution >= 0.6 is 0 Å². The van der Waals surface area contributed by atoms with Crippen LogP contribution in [-0.2, 0) is 9.47 Å². The van der Waals surface area contributed by atoms with Crippen molar-refractivity contribution in [3.05, 3.63) is 0 Å². The van der Waals surface area contributed by atoms with Crippen LogP contribution < -0.4 is 5.32 Å². The van der Waals surface area contributed by atoms with E-state index in [-0.39, 0.29) is 6.29 Å². The Kier molecular flexibility index (Phi) is 3.65. The Bertz CT molecular complexity index is 198. The van der Waals surface area contributed by atoms with Crippen LogP contribution in [0.3, 0.4) is 0 Å². The van der Waals surface area contributed by atoms with E-state index in [1.807, 2.05) is 0 Å². The average Bonchev–Trinajstić information content (AvgIpc) is 2.65. The summed E-state index contributed by atoms with van der Waals surface area (Å²) < 4.78 is 10.8. The smallest absolute Gasteiger partial charge is 0.159 e. The van der Waals surface area contributed by atoms with Crippen LogP contribution in [0.1, 0.15) is 32.1 Å². The van der Waals surface area contributed by atoms with Crippen molar-refractivity contribution in [2.75, 3.05) is 27.3 Å². The van der Waals surface area contributed by atoms with Gasteiger partial charge in [0.2, 0.25) is 0 Å². The highest BCUT2D eigenvalue weighted by Crippen LogP contribution is 2.49. The molecule has 2 rings (SSSR count). The van der Waals surface area contributed by atoms with Crippen molar-refractivity contribution in [2.45, 2.75) is 38.4 Å². The molecule has 1 N–H and O–H groups in total. The summed E-state index contributed by atoms with van der Waals surface area (Å²) in [4.78, 5) is 0. The van der Waals surface area contributed by atoms with Gasteiger partial charge in [-0.2, -0.15) is 0 Å². The second-order valence-electron chi connectivity index (χ2n) is 5.09. The van der Waals surface area contributed by atoms with Crippen molar-refractivity contribution >= 4 is 0 Å². The maximum atomic E-state index is 5.38. The van der Waals surface area contributed by atoms with Crippen molar-refractivity contribution in [1.82, 2.24) is 5.32 Å². The molecule has 1 spiro atoms. The maximum absolute atomic E-state index is 5.38. The molecule has 88 valence electrons. The first-order valence-corrected chi connectivity index (χ1v) is 6.06. The molecule has 15 heavy (non-hydrogen) atoms. The number of piperidine rings is 1. The summed E-state index contributed by atoms with van der Waals surface area (Å²) in [5, 5.41) is 3.45. The van der Waals surface area contributed by atoms with Gasteiger partial charge in [0, 0.05) is 20.1 Å². The van der Waals surface area contributed by atoms with Crippen LogP contribution in [0.25, 0.3) is 0 Å². The highest BCUT2D eigenvalue weighted by molar-refractivity contribution is 4.93. The molecule has 3 heteroatoms. The van der Waals surface area contributed by atoms with E-state index >= 15 is 0 Å². The van der Waals surface area contributed by atoms with Gasteiger partial charge >= 0.3 is 0 Å². The van der Waals surface area contributed by atoms with Gasteiger partial charge in [0.25, 0.3) is 0 Å². The number of methoxy groups -OCH3 is 2. The molecule has 2 fully saturated rings. The molecule has 0 aromatic rings. The van der Waals surface area contributed by atoms with Crippen LogP contribution in [0.2, 0.25) is 0 Å². The first-order valence-electron chi connectivity index (χ1n) is 6.06. The molecular weight excluding hydrogens is 190 g/mol. The van der Waals surface area contributed by atoms with Gasteiger partial charge in [-0.3, -0.25) is 0 Å². The number of ether oxygens (including phenoxy) is 2. The summed E-state index contributed by atoms with van der Waals surface area (Å²) in [5.41, 5.74) is 0.602. The predicted molar refractivity (Wildman–Crippen MR) is 59.7 cm³/mol. The Balaban J connectivity index is 1.92. The highest BCUT2D eigenvalue weighted by Gasteiger charge is 2.42. The minimum absolute atomic E-state index is 0.0132. The highest BCUT2D eigenvalue weighted by atomic mass is 16.7. The van der Waals surface area contributed by atoms with Crippen molar-refractivity contribution in [2.24, 2.45) is 11.3 Å². The Labute approximate surface area is 92.5 Å². The molecule has 0 radical (unpaired) electrons. The van der Waals surface area contributed by atoms with Crippen LogP contribution in [-0.4, -0.2) is 33.6 Å². The molecule has 0 bridgehead atoms. The lowest BCUT2D eigenvalue weighted by molar-refractivity contribution is -0.137. The molecular formula is C12H23NO2. The molecule has 0 amide bonds. The third-order valence-electron chi connectivity index (χ3n) is 4.25. The van der Waals surface area contributed by atoms with Crippen molar-refractivity contribution in [3.63, 3.8) is 0 Å². The van der Waals surface area contributed by atoms with E-state index in [0.717, 1.165) is 0 Å². The zero-order valence-corrected chi connectivity index (χ0v) is 9.92. The minimum atomic E-state index is 0.0132. The van der Waals surface area contributed by atoms with Gasteiger partial charge in [0.05, 0.1) is 0 Å². The second-order valence-corrected chi connectivity index (χ2v) is 5.09. The van der Waals surface area contributed by atoms with Crippen LogP contribution in [0, 0.1) is 11.3 Å². The topological polar surface area (TPSA) is 30.5 Å². The summed E-state index contributed by atoms with van der Waals surface area (Å²) in [6.45, 7) is 2.38. The molecule has 1 saturated carbocycles. The van der Waals surface area contributed by atoms with E-state index in [4.69, 9.17) is 9.47 Å². The monoisotopic (exact) mass is 213 g/mol. The Morgan fingerprint density at radius 3 is 2.40 bits per heavy atom. The van der Waals surface area contributed by atoms with Gasteiger partial charge in [0.15, 0.2) is 6.29 Å². The summed E-state index contributed by atoms with van der Waals surface area (Å²) in [6.07, 6.45) is 6.61. The SMILES string of the molecule is COC(OC)C1CCC2(CCNCC2)C1. The Hall–Kier alpha value is -0.120. The summed E-state index contributed by atoms with van der Waals surface area (Å²) >= 11 is 0. The largest absolute Gasteiger partial charge is 0.356 e. The second kappa shape index (κ2) is 4.81. The minimum Gasteiger partial charge on any atom is -0.356 e. The standard InChI is InChI=1S/C12H23NO2/c1-14-11(15-2)10-3-4-12(9-10)5-7-13-8-6-12/h10-11,13H,3-9H2,1-2H3. The summed E-state index contributed by atoms with van der Waals surface area (Å²) in [5.74, 6) is 0.609. The first kappa shape index (κ1) is 11.4. The van der Waals surface area contributed by atoms with Crippen molar-refractivity contribution < 1.29 is 9.47 Å². The van der Waals surface area contributed by atoms with Crippen LogP contribution in [0.15, 0.2) is 0 Å². The Morgan fingerprint density at radius 2 is 1.80 bits per heavy atom. The van der Waals surface area contributed by atoms with Gasteiger partial charge in [0.1, 0.15) is 0 Å². The van der Waals surface area contributed by atoms with Gasteiger partial charge < -0.3 is 14.8 Å². The van der Waals surface area contributed by atoms with E-state index < -0.39 is 0 Å². The fourth-order valence-electron chi connectivity index (χ4n) is 3.38. The normalized spacial score (nSPS) is 30.2. The van der Waals surface area contributed by atoms with Gasteiger partial charge in [-0.1, -0.05) is 0 Å². The van der Waals surface area contributed by atoms with Gasteiger partial charge in [-0.15, -0.1) is 0 Å². The zero-order valence-electron chi connectivity index (χ0n) is 9.92. The van der Waals surface area contributed by atoms with E-state index in [1.54, 1.807) is 14.2 Å². The van der Waals surface area contributed by atoms with Gasteiger partial charge in [-0.05, 0) is 50.6 Å². The van der Waals surface area contributed by atoms with Crippen LogP contribution in [0.5, 0.6) is 0 Å². The molecule has 1 aliphatic carbocycles. The van der Waals surface area contributed by atoms with E-state index in [2.05, 4.69) is 5.32 Å². The molecule has 3 nitrogen and oxygen atoms in total. The lowest BCUT2D eigenvalue weighted by Gasteiger charge is -2.34. The molecule has 1 atom stereocenters. The fourth-order valence-corrected chi connectivity index (χ4v) is 3.38. The lowest BCUT2D eigenvalue weighted by atomic mass is 9.77. The molecule has 1 heterocycles. The van der Waals surface area contributed by atoms with Crippen molar-refractivity contribution in [3.8, 4) is 0 Å². The zero-order chi connectivity index (χ0) is 10.7. The van der Waals surface area contributed by atoms with Crippen LogP contribution in [0.4, 0.5) is 0 Å². The molecule has 2 aliphatic rings. The number of rotatable bonds is 3. The van der Waals surface area contributed by atoms with Gasteiger partial charge in [-0.25, -0.2) is 0 Å². The number of hydrogen-bond donors (Lipinski definition) is 1. The molecule has 1 unspecified atom stereocenters. The third kappa shape index (κ3) is 2.35. The first-order chi connectivity index (χ1) is 7.29. The predicted octanol–water partition coefficient (Wildman–Crippen LogP) is 1.78. The van der Waals surface area contributed by atoms with E-state index in [0.29, 0.717) is 11.3 Å². The maximum Gasteiger partial charge on any atom is 0.159 e. The summed E-state index contributed by atoms with van der Waals surface area (Å²) in [6, 6.07) is 0. The quantitative estimate of drug-likeness (QED) is 0.725. The molecule has 0 aromatic heterocycles.